The Hall–Kier alpha value is -2.93. The van der Waals surface area contributed by atoms with Crippen molar-refractivity contribution in [1.29, 1.82) is 0 Å². The molecule has 2 aromatic carbocycles. The highest BCUT2D eigenvalue weighted by Crippen LogP contribution is 2.37. The predicted molar refractivity (Wildman–Crippen MR) is 123 cm³/mol. The van der Waals surface area contributed by atoms with Crippen LogP contribution in [0.3, 0.4) is 0 Å². The van der Waals surface area contributed by atoms with Crippen LogP contribution in [0, 0.1) is 6.92 Å². The zero-order valence-corrected chi connectivity index (χ0v) is 18.9. The fourth-order valence-electron chi connectivity index (χ4n) is 4.06. The Morgan fingerprint density at radius 1 is 1.16 bits per heavy atom. The minimum Gasteiger partial charge on any atom is -0.291 e. The number of hydrogen-bond acceptors (Lipinski definition) is 4. The highest BCUT2D eigenvalue weighted by atomic mass is 32.2. The van der Waals surface area contributed by atoms with E-state index in [2.05, 4.69) is 11.9 Å². The predicted octanol–water partition coefficient (Wildman–Crippen LogP) is 4.23. The van der Waals surface area contributed by atoms with E-state index in [0.717, 1.165) is 41.8 Å². The second-order valence-electron chi connectivity index (χ2n) is 7.74. The Morgan fingerprint density at radius 3 is 2.65 bits per heavy atom. The first-order valence-electron chi connectivity index (χ1n) is 10.7. The fourth-order valence-corrected chi connectivity index (χ4v) is 4.91. The minimum absolute atomic E-state index is 0.0990. The molecule has 1 N–H and O–H groups in total. The third-order valence-electron chi connectivity index (χ3n) is 5.55. The quantitative estimate of drug-likeness (QED) is 0.357. The van der Waals surface area contributed by atoms with Crippen molar-refractivity contribution in [3.8, 4) is 11.3 Å². The summed E-state index contributed by atoms with van der Waals surface area (Å²) in [4.78, 5) is 30.8. The lowest BCUT2D eigenvalue weighted by Gasteiger charge is -2.31. The van der Waals surface area contributed by atoms with Crippen molar-refractivity contribution in [2.75, 3.05) is 10.7 Å². The summed E-state index contributed by atoms with van der Waals surface area (Å²) in [5, 5.41) is 5.41. The number of H-pyrrole nitrogens is 1. The molecule has 6 nitrogen and oxygen atoms in total. The number of unbranched alkanes of at least 4 members (excludes halogenated alkanes) is 2. The smallest absolute Gasteiger partial charge is 0.291 e. The average Bonchev–Trinajstić information content (AvgIpc) is 2.76. The van der Waals surface area contributed by atoms with Gasteiger partial charge in [-0.05, 0) is 41.8 Å². The average molecular weight is 436 g/mol. The van der Waals surface area contributed by atoms with Crippen molar-refractivity contribution in [2.24, 2.45) is 0 Å². The van der Waals surface area contributed by atoms with Crippen molar-refractivity contribution >= 4 is 23.4 Å². The van der Waals surface area contributed by atoms with Crippen molar-refractivity contribution in [3.05, 3.63) is 70.0 Å². The maximum absolute atomic E-state index is 13.2. The number of aromatic amines is 1. The van der Waals surface area contributed by atoms with Crippen LogP contribution in [0.2, 0.25) is 0 Å². The van der Waals surface area contributed by atoms with Gasteiger partial charge in [0.1, 0.15) is 0 Å². The standard InChI is InChI=1S/C24H26N4O2S/c1-4-5-10-15-31-24-25-22(30)21-19-13-8-9-14-20(19)27(17(3)29)23(28(21)26-24)18-12-7-6-11-16(18)2/h6-9,11-14,23H,4-5,10,15H2,1-3H3/p+1/t23-/m0/s1. The molecule has 0 spiro atoms. The molecule has 0 fully saturated rings. The van der Waals surface area contributed by atoms with Crippen LogP contribution in [-0.2, 0) is 4.79 Å². The van der Waals surface area contributed by atoms with E-state index >= 15 is 0 Å². The molecular formula is C24H27N4O2S+. The second-order valence-corrected chi connectivity index (χ2v) is 8.83. The molecular weight excluding hydrogens is 408 g/mol. The van der Waals surface area contributed by atoms with Crippen LogP contribution < -0.4 is 15.1 Å². The van der Waals surface area contributed by atoms with E-state index in [1.807, 2.05) is 55.5 Å². The van der Waals surface area contributed by atoms with Gasteiger partial charge in [0.2, 0.25) is 11.1 Å². The van der Waals surface area contributed by atoms with Crippen LogP contribution in [-0.4, -0.2) is 21.7 Å². The number of aryl methyl sites for hydroxylation is 1. The third-order valence-corrected chi connectivity index (χ3v) is 6.50. The number of amides is 1. The Morgan fingerprint density at radius 2 is 1.90 bits per heavy atom. The number of anilines is 1. The molecule has 2 heterocycles. The lowest BCUT2D eigenvalue weighted by atomic mass is 9.99. The van der Waals surface area contributed by atoms with Gasteiger partial charge in [0.05, 0.1) is 11.3 Å². The van der Waals surface area contributed by atoms with E-state index in [9.17, 15) is 9.59 Å². The Bertz CT molecular complexity index is 1170. The number of para-hydroxylation sites is 1. The third kappa shape index (κ3) is 4.02. The summed E-state index contributed by atoms with van der Waals surface area (Å²) in [7, 11) is 0. The van der Waals surface area contributed by atoms with Crippen molar-refractivity contribution in [3.63, 3.8) is 0 Å². The van der Waals surface area contributed by atoms with Crippen LogP contribution in [0.4, 0.5) is 5.69 Å². The summed E-state index contributed by atoms with van der Waals surface area (Å²) in [6.45, 7) is 5.74. The lowest BCUT2D eigenvalue weighted by Crippen LogP contribution is -2.60. The van der Waals surface area contributed by atoms with E-state index < -0.39 is 6.17 Å². The molecule has 7 heteroatoms. The monoisotopic (exact) mass is 435 g/mol. The number of thioether (sulfide) groups is 1. The molecule has 0 saturated heterocycles. The van der Waals surface area contributed by atoms with Crippen LogP contribution in [0.25, 0.3) is 11.3 Å². The highest BCUT2D eigenvalue weighted by Gasteiger charge is 2.45. The molecule has 160 valence electrons. The van der Waals surface area contributed by atoms with E-state index in [1.54, 1.807) is 28.3 Å². The molecule has 1 amide bonds. The maximum Gasteiger partial charge on any atom is 0.325 e. The molecule has 0 unspecified atom stereocenters. The van der Waals surface area contributed by atoms with Crippen LogP contribution in [0.1, 0.15) is 50.4 Å². The van der Waals surface area contributed by atoms with Crippen molar-refractivity contribution in [1.82, 2.24) is 10.1 Å². The summed E-state index contributed by atoms with van der Waals surface area (Å²) < 4.78 is 1.73. The number of nitrogens with one attached hydrogen (secondary N) is 1. The van der Waals surface area contributed by atoms with Gasteiger partial charge in [-0.2, -0.15) is 0 Å². The number of fused-ring (bicyclic) bond motifs is 3. The van der Waals surface area contributed by atoms with Gasteiger partial charge in [-0.15, -0.1) is 0 Å². The summed E-state index contributed by atoms with van der Waals surface area (Å²) in [6, 6.07) is 15.5. The fraction of sp³-hybridized carbons (Fsp3) is 0.333. The SMILES string of the molecule is CCCCCSc1n[n+]2c(c(=O)[nH]1)-c1ccccc1N(C(C)=O)[C@@H]2c1ccccc1C. The number of benzene rings is 2. The zero-order valence-electron chi connectivity index (χ0n) is 18.1. The van der Waals surface area contributed by atoms with E-state index in [-0.39, 0.29) is 11.5 Å². The first-order chi connectivity index (χ1) is 15.0. The molecule has 1 atom stereocenters. The Kier molecular flexibility index (Phi) is 6.23. The van der Waals surface area contributed by atoms with E-state index in [0.29, 0.717) is 16.4 Å². The number of hydrogen-bond donors (Lipinski definition) is 1. The molecule has 1 aliphatic heterocycles. The molecule has 0 saturated carbocycles. The van der Waals surface area contributed by atoms with Crippen LogP contribution in [0.5, 0.6) is 0 Å². The summed E-state index contributed by atoms with van der Waals surface area (Å²) in [6.07, 6.45) is 2.83. The summed E-state index contributed by atoms with van der Waals surface area (Å²) >= 11 is 1.55. The van der Waals surface area contributed by atoms with Crippen molar-refractivity contribution < 1.29 is 9.48 Å². The molecule has 3 aromatic rings. The topological polar surface area (TPSA) is 69.9 Å². The number of aromatic nitrogens is 3. The van der Waals surface area contributed by atoms with Crippen molar-refractivity contribution in [2.45, 2.75) is 51.4 Å². The number of carbonyl (C=O) groups excluding carboxylic acids is 1. The molecule has 1 aromatic heterocycles. The summed E-state index contributed by atoms with van der Waals surface area (Å²) in [5.74, 6) is 0.788. The Labute approximate surface area is 186 Å². The lowest BCUT2D eigenvalue weighted by molar-refractivity contribution is -0.763. The first-order valence-corrected chi connectivity index (χ1v) is 11.6. The zero-order chi connectivity index (χ0) is 22.0. The number of nitrogens with zero attached hydrogens (tertiary/aromatic N) is 3. The largest absolute Gasteiger partial charge is 0.325 e. The van der Waals surface area contributed by atoms with Gasteiger partial charge in [0.15, 0.2) is 0 Å². The van der Waals surface area contributed by atoms with Crippen LogP contribution in [0.15, 0.2) is 58.5 Å². The number of carbonyl (C=O) groups is 1. The molecule has 0 radical (unpaired) electrons. The van der Waals surface area contributed by atoms with Crippen LogP contribution >= 0.6 is 11.8 Å². The number of rotatable bonds is 6. The van der Waals surface area contributed by atoms with Gasteiger partial charge in [-0.3, -0.25) is 14.6 Å². The molecule has 1 aliphatic rings. The molecule has 0 bridgehead atoms. The van der Waals surface area contributed by atoms with Gasteiger partial charge in [0, 0.05) is 23.3 Å². The molecule has 31 heavy (non-hydrogen) atoms. The molecule has 4 rings (SSSR count). The minimum atomic E-state index is -0.527. The van der Waals surface area contributed by atoms with Gasteiger partial charge >= 0.3 is 11.3 Å². The van der Waals surface area contributed by atoms with Gasteiger partial charge < -0.3 is 0 Å². The Balaban J connectivity index is 1.93. The van der Waals surface area contributed by atoms with E-state index in [1.165, 1.54) is 0 Å². The van der Waals surface area contributed by atoms with Gasteiger partial charge in [0.25, 0.3) is 6.17 Å². The molecule has 0 aliphatic carbocycles. The van der Waals surface area contributed by atoms with Gasteiger partial charge in [-0.25, -0.2) is 4.90 Å². The normalized spacial score (nSPS) is 14.8. The van der Waals surface area contributed by atoms with E-state index in [4.69, 9.17) is 5.10 Å². The second kappa shape index (κ2) is 9.06. The maximum atomic E-state index is 13.2. The summed E-state index contributed by atoms with van der Waals surface area (Å²) in [5.41, 5.74) is 3.69. The first kappa shape index (κ1) is 21.3. The highest BCUT2D eigenvalue weighted by molar-refractivity contribution is 7.99. The van der Waals surface area contributed by atoms with Gasteiger partial charge in [-0.1, -0.05) is 61.9 Å².